The highest BCUT2D eigenvalue weighted by Gasteiger charge is 2.70. The van der Waals surface area contributed by atoms with E-state index in [0.29, 0.717) is 23.7 Å². The molecule has 2 heteroatoms. The maximum atomic E-state index is 13.1. The van der Waals surface area contributed by atoms with Gasteiger partial charge in [0.15, 0.2) is 0 Å². The minimum absolute atomic E-state index is 0.0184. The van der Waals surface area contributed by atoms with E-state index in [1.54, 1.807) is 0 Å². The first-order valence-corrected chi connectivity index (χ1v) is 9.70. The Balaban J connectivity index is 1.77. The standard InChI is InChI=1S/C21H30O2/c1-12-11-21-10-8-15-19(2,3)14-7-9-20(15,4)16(21)6-5-13(12)17(21)23-18(14)22/h7,9,12-17H,5-6,8,10-11H2,1-4H3/t12-,13+,14?,15+,16-,17?,20+,21-/m1/s1. The number of allylic oxidation sites excluding steroid dienone is 1. The summed E-state index contributed by atoms with van der Waals surface area (Å²) in [6.07, 6.45) is 11.3. The van der Waals surface area contributed by atoms with Crippen molar-refractivity contribution in [1.82, 2.24) is 0 Å². The van der Waals surface area contributed by atoms with Gasteiger partial charge in [-0.15, -0.1) is 0 Å². The monoisotopic (exact) mass is 314 g/mol. The molecule has 126 valence electrons. The van der Waals surface area contributed by atoms with Crippen molar-refractivity contribution in [3.05, 3.63) is 12.2 Å². The molecule has 0 radical (unpaired) electrons. The van der Waals surface area contributed by atoms with Gasteiger partial charge in [0.25, 0.3) is 0 Å². The van der Waals surface area contributed by atoms with Gasteiger partial charge in [-0.2, -0.15) is 0 Å². The van der Waals surface area contributed by atoms with Crippen LogP contribution >= 0.6 is 0 Å². The first-order chi connectivity index (χ1) is 10.8. The predicted molar refractivity (Wildman–Crippen MR) is 89.6 cm³/mol. The van der Waals surface area contributed by atoms with Crippen LogP contribution < -0.4 is 0 Å². The molecule has 0 aromatic rings. The second-order valence-electron chi connectivity index (χ2n) is 10.2. The van der Waals surface area contributed by atoms with E-state index in [2.05, 4.69) is 39.8 Å². The zero-order valence-corrected chi connectivity index (χ0v) is 15.0. The van der Waals surface area contributed by atoms with Crippen molar-refractivity contribution in [3.63, 3.8) is 0 Å². The van der Waals surface area contributed by atoms with E-state index in [9.17, 15) is 4.79 Å². The maximum absolute atomic E-state index is 13.1. The number of carbonyl (C=O) groups is 1. The molecule has 8 atom stereocenters. The Morgan fingerprint density at radius 2 is 1.91 bits per heavy atom. The fourth-order valence-electron chi connectivity index (χ4n) is 8.29. The van der Waals surface area contributed by atoms with Crippen molar-refractivity contribution in [2.45, 2.75) is 65.9 Å². The molecule has 0 N–H and O–H groups in total. The maximum Gasteiger partial charge on any atom is 0.313 e. The summed E-state index contributed by atoms with van der Waals surface area (Å²) < 4.78 is 6.34. The largest absolute Gasteiger partial charge is 0.461 e. The third-order valence-electron chi connectivity index (χ3n) is 9.12. The van der Waals surface area contributed by atoms with E-state index in [0.717, 1.165) is 0 Å². The van der Waals surface area contributed by atoms with Crippen LogP contribution in [0.3, 0.4) is 0 Å². The molecular weight excluding hydrogens is 284 g/mol. The second-order valence-corrected chi connectivity index (χ2v) is 10.2. The van der Waals surface area contributed by atoms with E-state index in [-0.39, 0.29) is 34.2 Å². The van der Waals surface area contributed by atoms with Gasteiger partial charge in [0.2, 0.25) is 0 Å². The molecule has 2 saturated heterocycles. The Hall–Kier alpha value is -0.790. The molecule has 7 aliphatic rings. The predicted octanol–water partition coefficient (Wildman–Crippen LogP) is 4.59. The first-order valence-electron chi connectivity index (χ1n) is 9.70. The molecular formula is C21H30O2. The van der Waals surface area contributed by atoms with Crippen LogP contribution in [0.25, 0.3) is 0 Å². The molecule has 3 heterocycles. The molecule has 0 amide bonds. The normalized spacial score (nSPS) is 58.5. The molecule has 4 aliphatic carbocycles. The molecule has 1 spiro atoms. The summed E-state index contributed by atoms with van der Waals surface area (Å²) in [6, 6.07) is 0. The summed E-state index contributed by atoms with van der Waals surface area (Å²) in [7, 11) is 0. The lowest BCUT2D eigenvalue weighted by Gasteiger charge is -2.62. The number of ether oxygens (including phenoxy) is 1. The molecule has 23 heavy (non-hydrogen) atoms. The van der Waals surface area contributed by atoms with E-state index in [1.165, 1.54) is 32.1 Å². The van der Waals surface area contributed by atoms with Crippen LogP contribution in [0, 0.1) is 45.8 Å². The van der Waals surface area contributed by atoms with Gasteiger partial charge < -0.3 is 4.74 Å². The van der Waals surface area contributed by atoms with Crippen LogP contribution in [0.4, 0.5) is 0 Å². The highest BCUT2D eigenvalue weighted by atomic mass is 16.5. The smallest absolute Gasteiger partial charge is 0.313 e. The number of rotatable bonds is 0. The third-order valence-corrected chi connectivity index (χ3v) is 9.12. The average Bonchev–Trinajstić information content (AvgIpc) is 2.64. The number of hydrogen-bond acceptors (Lipinski definition) is 2. The topological polar surface area (TPSA) is 26.3 Å². The van der Waals surface area contributed by atoms with Crippen molar-refractivity contribution in [2.24, 2.45) is 45.8 Å². The van der Waals surface area contributed by atoms with Gasteiger partial charge >= 0.3 is 5.97 Å². The second kappa shape index (κ2) is 4.06. The Kier molecular flexibility index (Phi) is 2.57. The summed E-state index contributed by atoms with van der Waals surface area (Å²) in [5.74, 6) is 2.64. The number of esters is 1. The van der Waals surface area contributed by atoms with Crippen molar-refractivity contribution in [3.8, 4) is 0 Å². The molecule has 0 aromatic heterocycles. The SMILES string of the molecule is C[C@@H]1C[C@]23CC[C@H]4C(C)(C)C5C=C[C@]4(C)[C@H]2CC[C@@H]1C3OC5=O. The molecule has 7 bridgehead atoms. The van der Waals surface area contributed by atoms with Gasteiger partial charge in [-0.05, 0) is 66.6 Å². The zero-order valence-electron chi connectivity index (χ0n) is 15.0. The van der Waals surface area contributed by atoms with Gasteiger partial charge in [-0.3, -0.25) is 4.79 Å². The lowest BCUT2D eigenvalue weighted by atomic mass is 9.41. The first kappa shape index (κ1) is 14.5. The van der Waals surface area contributed by atoms with Gasteiger partial charge in [0.05, 0.1) is 5.92 Å². The molecule has 2 unspecified atom stereocenters. The summed E-state index contributed by atoms with van der Waals surface area (Å²) >= 11 is 0. The average molecular weight is 314 g/mol. The van der Waals surface area contributed by atoms with Crippen LogP contribution in [-0.4, -0.2) is 12.1 Å². The Labute approximate surface area is 140 Å². The van der Waals surface area contributed by atoms with Gasteiger partial charge in [0, 0.05) is 5.41 Å². The fourth-order valence-corrected chi connectivity index (χ4v) is 8.29. The van der Waals surface area contributed by atoms with Gasteiger partial charge in [-0.1, -0.05) is 39.8 Å². The van der Waals surface area contributed by atoms with Crippen molar-refractivity contribution in [2.75, 3.05) is 0 Å². The van der Waals surface area contributed by atoms with Crippen LogP contribution in [0.15, 0.2) is 12.2 Å². The van der Waals surface area contributed by atoms with Crippen molar-refractivity contribution in [1.29, 1.82) is 0 Å². The minimum atomic E-state index is -0.0511. The minimum Gasteiger partial charge on any atom is -0.461 e. The summed E-state index contributed by atoms with van der Waals surface area (Å²) in [6.45, 7) is 9.55. The van der Waals surface area contributed by atoms with E-state index >= 15 is 0 Å². The molecule has 3 aliphatic heterocycles. The molecule has 0 aromatic carbocycles. The fraction of sp³-hybridized carbons (Fsp3) is 0.857. The zero-order chi connectivity index (χ0) is 16.2. The van der Waals surface area contributed by atoms with Crippen LogP contribution in [0.2, 0.25) is 0 Å². The van der Waals surface area contributed by atoms with Crippen molar-refractivity contribution >= 4 is 5.97 Å². The third kappa shape index (κ3) is 1.46. The summed E-state index contributed by atoms with van der Waals surface area (Å²) in [5, 5.41) is 0. The van der Waals surface area contributed by atoms with Gasteiger partial charge in [-0.25, -0.2) is 0 Å². The van der Waals surface area contributed by atoms with Crippen LogP contribution in [0.5, 0.6) is 0 Å². The van der Waals surface area contributed by atoms with E-state index in [4.69, 9.17) is 4.74 Å². The van der Waals surface area contributed by atoms with E-state index in [1.807, 2.05) is 0 Å². The lowest BCUT2D eigenvalue weighted by Crippen LogP contribution is -2.58. The van der Waals surface area contributed by atoms with Gasteiger partial charge in [0.1, 0.15) is 6.10 Å². The Morgan fingerprint density at radius 3 is 2.70 bits per heavy atom. The number of hydrogen-bond donors (Lipinski definition) is 0. The molecule has 5 fully saturated rings. The quantitative estimate of drug-likeness (QED) is 0.483. The Morgan fingerprint density at radius 1 is 1.13 bits per heavy atom. The van der Waals surface area contributed by atoms with E-state index < -0.39 is 0 Å². The molecule has 2 nitrogen and oxygen atoms in total. The van der Waals surface area contributed by atoms with Crippen LogP contribution in [-0.2, 0) is 9.53 Å². The molecule has 7 rings (SSSR count). The van der Waals surface area contributed by atoms with Crippen molar-refractivity contribution < 1.29 is 9.53 Å². The Bertz CT molecular complexity index is 605. The summed E-state index contributed by atoms with van der Waals surface area (Å²) in [4.78, 5) is 13.1. The van der Waals surface area contributed by atoms with Crippen LogP contribution in [0.1, 0.15) is 59.8 Å². The highest BCUT2D eigenvalue weighted by molar-refractivity contribution is 5.76. The number of fused-ring (bicyclic) bond motifs is 1. The highest BCUT2D eigenvalue weighted by Crippen LogP contribution is 2.73. The molecule has 3 saturated carbocycles. The number of carbonyl (C=O) groups excluding carboxylic acids is 1. The summed E-state index contributed by atoms with van der Waals surface area (Å²) in [5.41, 5.74) is 0.535. The lowest BCUT2D eigenvalue weighted by molar-refractivity contribution is -0.173.